The molecule has 0 atom stereocenters. The number of hydrogen-bond donors (Lipinski definition) is 3. The Morgan fingerprint density at radius 1 is 0.935 bits per heavy atom. The number of benzene rings is 3. The highest BCUT2D eigenvalue weighted by Crippen LogP contribution is 2.26. The molecule has 0 heterocycles. The average Bonchev–Trinajstić information content (AvgIpc) is 2.75. The molecule has 31 heavy (non-hydrogen) atoms. The van der Waals surface area contributed by atoms with E-state index in [1.807, 2.05) is 0 Å². The molecule has 0 saturated heterocycles. The summed E-state index contributed by atoms with van der Waals surface area (Å²) in [6.45, 7) is 0. The maximum atomic E-state index is 12.7. The molecule has 3 aromatic rings. The van der Waals surface area contributed by atoms with Crippen molar-refractivity contribution in [3.05, 3.63) is 82.9 Å². The zero-order chi connectivity index (χ0) is 22.4. The highest BCUT2D eigenvalue weighted by atomic mass is 32.2. The van der Waals surface area contributed by atoms with Gasteiger partial charge in [0.15, 0.2) is 0 Å². The summed E-state index contributed by atoms with van der Waals surface area (Å²) in [5, 5.41) is 16.1. The summed E-state index contributed by atoms with van der Waals surface area (Å²) < 4.78 is 32.8. The van der Waals surface area contributed by atoms with Gasteiger partial charge in [-0.3, -0.25) is 14.8 Å². The number of methoxy groups -OCH3 is 1. The zero-order valence-electron chi connectivity index (χ0n) is 16.2. The first kappa shape index (κ1) is 21.6. The largest absolute Gasteiger partial charge is 0.497 e. The number of carbonyl (C=O) groups excluding carboxylic acids is 1. The molecule has 2 amide bonds. The lowest BCUT2D eigenvalue weighted by Gasteiger charge is -2.14. The van der Waals surface area contributed by atoms with Crippen LogP contribution in [-0.2, 0) is 10.0 Å². The van der Waals surface area contributed by atoms with Crippen molar-refractivity contribution in [2.45, 2.75) is 4.90 Å². The lowest BCUT2D eigenvalue weighted by molar-refractivity contribution is -0.385. The minimum Gasteiger partial charge on any atom is -0.497 e. The Balaban J connectivity index is 1.77. The lowest BCUT2D eigenvalue weighted by atomic mass is 10.3. The van der Waals surface area contributed by atoms with Crippen molar-refractivity contribution in [3.63, 3.8) is 0 Å². The number of non-ortho nitro benzene ring substituents is 1. The van der Waals surface area contributed by atoms with Gasteiger partial charge in [0.2, 0.25) is 0 Å². The molecule has 160 valence electrons. The third-order valence-corrected chi connectivity index (χ3v) is 5.47. The van der Waals surface area contributed by atoms with E-state index in [4.69, 9.17) is 4.74 Å². The standard InChI is InChI=1S/C20H18N4O6S/c1-30-16-11-9-14(10-12-16)21-20(25)22-18-7-2-3-8-19(18)23-31(28,29)17-6-4-5-15(13-17)24(26)27/h2-13,23H,1H3,(H2,21,22,25). The number of nitro benzene ring substituents is 1. The van der Waals surface area contributed by atoms with E-state index in [-0.39, 0.29) is 22.0 Å². The maximum absolute atomic E-state index is 12.7. The zero-order valence-corrected chi connectivity index (χ0v) is 17.0. The number of amides is 2. The van der Waals surface area contributed by atoms with Crippen LogP contribution < -0.4 is 20.1 Å². The lowest BCUT2D eigenvalue weighted by Crippen LogP contribution is -2.21. The van der Waals surface area contributed by atoms with Crippen LogP contribution in [0.15, 0.2) is 77.7 Å². The molecule has 0 saturated carbocycles. The van der Waals surface area contributed by atoms with Crippen LogP contribution in [-0.4, -0.2) is 26.5 Å². The molecule has 0 spiro atoms. The van der Waals surface area contributed by atoms with E-state index < -0.39 is 21.0 Å². The molecule has 10 nitrogen and oxygen atoms in total. The second-order valence-corrected chi connectivity index (χ2v) is 7.90. The molecule has 0 aliphatic heterocycles. The highest BCUT2D eigenvalue weighted by molar-refractivity contribution is 7.92. The number of anilines is 3. The first-order valence-corrected chi connectivity index (χ1v) is 10.4. The smallest absolute Gasteiger partial charge is 0.323 e. The molecule has 0 radical (unpaired) electrons. The predicted molar refractivity (Wildman–Crippen MR) is 116 cm³/mol. The number of ether oxygens (including phenoxy) is 1. The van der Waals surface area contributed by atoms with Gasteiger partial charge >= 0.3 is 6.03 Å². The maximum Gasteiger partial charge on any atom is 0.323 e. The topological polar surface area (TPSA) is 140 Å². The van der Waals surface area contributed by atoms with Crippen LogP contribution in [0.4, 0.5) is 27.5 Å². The van der Waals surface area contributed by atoms with Crippen LogP contribution in [0.3, 0.4) is 0 Å². The number of para-hydroxylation sites is 2. The molecule has 11 heteroatoms. The van der Waals surface area contributed by atoms with E-state index in [2.05, 4.69) is 15.4 Å². The minimum absolute atomic E-state index is 0.0962. The average molecular weight is 442 g/mol. The number of nitro groups is 1. The molecule has 0 aromatic heterocycles. The molecule has 0 aliphatic rings. The number of sulfonamides is 1. The van der Waals surface area contributed by atoms with Crippen molar-refractivity contribution in [2.24, 2.45) is 0 Å². The van der Waals surface area contributed by atoms with E-state index in [1.54, 1.807) is 36.4 Å². The van der Waals surface area contributed by atoms with Crippen LogP contribution >= 0.6 is 0 Å². The second kappa shape index (κ2) is 9.13. The number of rotatable bonds is 7. The van der Waals surface area contributed by atoms with Gasteiger partial charge in [-0.15, -0.1) is 0 Å². The normalized spacial score (nSPS) is 10.7. The Morgan fingerprint density at radius 2 is 1.61 bits per heavy atom. The first-order chi connectivity index (χ1) is 14.8. The van der Waals surface area contributed by atoms with E-state index >= 15 is 0 Å². The van der Waals surface area contributed by atoms with E-state index in [9.17, 15) is 23.3 Å². The second-order valence-electron chi connectivity index (χ2n) is 6.21. The van der Waals surface area contributed by atoms with E-state index in [1.165, 1.54) is 37.4 Å². The summed E-state index contributed by atoms with van der Waals surface area (Å²) in [4.78, 5) is 22.3. The summed E-state index contributed by atoms with van der Waals surface area (Å²) in [6.07, 6.45) is 0. The Bertz CT molecular complexity index is 1210. The molecule has 0 bridgehead atoms. The first-order valence-electron chi connectivity index (χ1n) is 8.87. The van der Waals surface area contributed by atoms with Gasteiger partial charge in [0.05, 0.1) is 28.3 Å². The molecule has 3 rings (SSSR count). The molecule has 3 aromatic carbocycles. The van der Waals surface area contributed by atoms with E-state index in [0.717, 1.165) is 6.07 Å². The van der Waals surface area contributed by atoms with Gasteiger partial charge in [-0.2, -0.15) is 0 Å². The number of hydrogen-bond acceptors (Lipinski definition) is 6. The van der Waals surface area contributed by atoms with Crippen LogP contribution in [0, 0.1) is 10.1 Å². The van der Waals surface area contributed by atoms with E-state index in [0.29, 0.717) is 11.4 Å². The predicted octanol–water partition coefficient (Wildman–Crippen LogP) is 4.05. The summed E-state index contributed by atoms with van der Waals surface area (Å²) in [7, 11) is -2.61. The molecule has 0 fully saturated rings. The number of carbonyl (C=O) groups is 1. The van der Waals surface area contributed by atoms with Crippen molar-refractivity contribution in [1.82, 2.24) is 0 Å². The minimum atomic E-state index is -4.13. The summed E-state index contributed by atoms with van der Waals surface area (Å²) in [6, 6.07) is 16.9. The van der Waals surface area contributed by atoms with Crippen molar-refractivity contribution >= 4 is 38.8 Å². The van der Waals surface area contributed by atoms with Gasteiger partial charge in [-0.05, 0) is 42.5 Å². The summed E-state index contributed by atoms with van der Waals surface area (Å²) in [5.41, 5.74) is 0.447. The molecule has 3 N–H and O–H groups in total. The third-order valence-electron chi connectivity index (χ3n) is 4.11. The van der Waals surface area contributed by atoms with Gasteiger partial charge in [-0.1, -0.05) is 18.2 Å². The number of nitrogens with zero attached hydrogens (tertiary/aromatic N) is 1. The van der Waals surface area contributed by atoms with Crippen LogP contribution in [0.2, 0.25) is 0 Å². The van der Waals surface area contributed by atoms with Gasteiger partial charge in [0.25, 0.3) is 15.7 Å². The monoisotopic (exact) mass is 442 g/mol. The highest BCUT2D eigenvalue weighted by Gasteiger charge is 2.19. The molecular formula is C20H18N4O6S. The summed E-state index contributed by atoms with van der Waals surface area (Å²) in [5.74, 6) is 0.631. The van der Waals surface area contributed by atoms with Crippen LogP contribution in [0.25, 0.3) is 0 Å². The van der Waals surface area contributed by atoms with Gasteiger partial charge in [0, 0.05) is 17.8 Å². The Morgan fingerprint density at radius 3 is 2.26 bits per heavy atom. The van der Waals surface area contributed by atoms with Gasteiger partial charge < -0.3 is 15.4 Å². The van der Waals surface area contributed by atoms with Gasteiger partial charge in [-0.25, -0.2) is 13.2 Å². The number of nitrogens with one attached hydrogen (secondary N) is 3. The van der Waals surface area contributed by atoms with Crippen molar-refractivity contribution in [2.75, 3.05) is 22.5 Å². The molecule has 0 aliphatic carbocycles. The molecular weight excluding hydrogens is 424 g/mol. The summed E-state index contributed by atoms with van der Waals surface area (Å²) >= 11 is 0. The van der Waals surface area contributed by atoms with Crippen molar-refractivity contribution in [3.8, 4) is 5.75 Å². The third kappa shape index (κ3) is 5.48. The SMILES string of the molecule is COc1ccc(NC(=O)Nc2ccccc2NS(=O)(=O)c2cccc([N+](=O)[O-])c2)cc1. The van der Waals surface area contributed by atoms with Crippen LogP contribution in [0.5, 0.6) is 5.75 Å². The quantitative estimate of drug-likeness (QED) is 0.373. The Labute approximate surface area is 178 Å². The van der Waals surface area contributed by atoms with Crippen molar-refractivity contribution < 1.29 is 22.9 Å². The molecule has 0 unspecified atom stereocenters. The fourth-order valence-corrected chi connectivity index (χ4v) is 3.73. The van der Waals surface area contributed by atoms with Crippen molar-refractivity contribution in [1.29, 1.82) is 0 Å². The fraction of sp³-hybridized carbons (Fsp3) is 0.0500. The fourth-order valence-electron chi connectivity index (χ4n) is 2.61. The Hall–Kier alpha value is -4.12. The van der Waals surface area contributed by atoms with Crippen LogP contribution in [0.1, 0.15) is 0 Å². The Kier molecular flexibility index (Phi) is 6.36. The number of urea groups is 1. The van der Waals surface area contributed by atoms with Gasteiger partial charge in [0.1, 0.15) is 5.75 Å².